The number of tetrazole rings is 1. The molecule has 1 aliphatic heterocycles. The van der Waals surface area contributed by atoms with Gasteiger partial charge >= 0.3 is 6.09 Å². The summed E-state index contributed by atoms with van der Waals surface area (Å²) in [6, 6.07) is 7.26. The van der Waals surface area contributed by atoms with Crippen molar-refractivity contribution in [3.05, 3.63) is 52.8 Å². The van der Waals surface area contributed by atoms with E-state index >= 15 is 0 Å². The maximum Gasteiger partial charge on any atom is 0.409 e. The highest BCUT2D eigenvalue weighted by Gasteiger charge is 2.34. The number of amides is 2. The zero-order chi connectivity index (χ0) is 26.8. The van der Waals surface area contributed by atoms with Crippen molar-refractivity contribution in [1.82, 2.24) is 34.7 Å². The predicted molar refractivity (Wildman–Crippen MR) is 140 cm³/mol. The molecule has 198 valence electrons. The Labute approximate surface area is 222 Å². The lowest BCUT2D eigenvalue weighted by molar-refractivity contribution is 0.0621. The lowest BCUT2D eigenvalue weighted by Crippen LogP contribution is -2.51. The van der Waals surface area contributed by atoms with Crippen molar-refractivity contribution >= 4 is 40.5 Å². The summed E-state index contributed by atoms with van der Waals surface area (Å²) in [4.78, 5) is 27.9. The Balaban J connectivity index is 1.33. The Morgan fingerprint density at radius 1 is 1.18 bits per heavy atom. The number of anilines is 2. The normalized spacial score (nSPS) is 13.4. The van der Waals surface area contributed by atoms with E-state index in [-0.39, 0.29) is 18.0 Å². The summed E-state index contributed by atoms with van der Waals surface area (Å²) in [5, 5.41) is 23.7. The van der Waals surface area contributed by atoms with Crippen LogP contribution in [-0.2, 0) is 9.47 Å². The van der Waals surface area contributed by atoms with E-state index in [1.54, 1.807) is 34.9 Å². The molecule has 2 amide bonds. The summed E-state index contributed by atoms with van der Waals surface area (Å²) in [6.07, 6.45) is 2.77. The predicted octanol–water partition coefficient (Wildman–Crippen LogP) is 2.88. The van der Waals surface area contributed by atoms with Gasteiger partial charge in [0.05, 0.1) is 54.8 Å². The number of carbonyl (C=O) groups is 2. The molecule has 0 spiro atoms. The minimum Gasteiger partial charge on any atom is -0.453 e. The molecule has 0 aliphatic carbocycles. The molecule has 4 heterocycles. The molecule has 38 heavy (non-hydrogen) atoms. The lowest BCUT2D eigenvalue weighted by Gasteiger charge is -2.36. The fraction of sp³-hybridized carbons (Fsp3) is 0.333. The van der Waals surface area contributed by atoms with Gasteiger partial charge in [-0.3, -0.25) is 4.79 Å². The molecule has 3 aromatic heterocycles. The number of rotatable bonds is 8. The van der Waals surface area contributed by atoms with Gasteiger partial charge in [-0.25, -0.2) is 9.31 Å². The van der Waals surface area contributed by atoms with E-state index in [0.29, 0.717) is 65.1 Å². The van der Waals surface area contributed by atoms with Crippen LogP contribution in [0, 0.1) is 6.92 Å². The van der Waals surface area contributed by atoms with Crippen LogP contribution in [0.5, 0.6) is 0 Å². The first kappa shape index (κ1) is 25.4. The molecule has 5 rings (SSSR count). The van der Waals surface area contributed by atoms with Crippen LogP contribution in [0.3, 0.4) is 0 Å². The molecule has 13 nitrogen and oxygen atoms in total. The Bertz CT molecular complexity index is 1500. The maximum atomic E-state index is 13.3. The van der Waals surface area contributed by atoms with Gasteiger partial charge in [-0.1, -0.05) is 23.7 Å². The van der Waals surface area contributed by atoms with Crippen molar-refractivity contribution in [3.63, 3.8) is 0 Å². The molecule has 0 bridgehead atoms. The number of likely N-dealkylation sites (tertiary alicyclic amines) is 1. The molecule has 0 saturated carbocycles. The Kier molecular flexibility index (Phi) is 7.11. The van der Waals surface area contributed by atoms with Crippen LogP contribution in [0.2, 0.25) is 5.02 Å². The molecular weight excluding hydrogens is 514 g/mol. The number of hydrogen-bond donors (Lipinski definition) is 2. The van der Waals surface area contributed by atoms with Gasteiger partial charge < -0.3 is 25.0 Å². The number of nitrogens with one attached hydrogen (secondary N) is 2. The molecule has 0 radical (unpaired) electrons. The first-order valence-corrected chi connectivity index (χ1v) is 12.2. The number of hydrogen-bond acceptors (Lipinski definition) is 9. The minimum absolute atomic E-state index is 0.0713. The van der Waals surface area contributed by atoms with Gasteiger partial charge in [0.2, 0.25) is 5.82 Å². The zero-order valence-electron chi connectivity index (χ0n) is 21.0. The first-order chi connectivity index (χ1) is 18.4. The third-order valence-corrected chi connectivity index (χ3v) is 6.57. The Morgan fingerprint density at radius 3 is 2.76 bits per heavy atom. The maximum absolute atomic E-state index is 13.3. The van der Waals surface area contributed by atoms with Gasteiger partial charge in [-0.2, -0.15) is 9.90 Å². The van der Waals surface area contributed by atoms with Crippen molar-refractivity contribution in [1.29, 1.82) is 0 Å². The number of nitrogens with zero attached hydrogens (tertiary/aromatic N) is 7. The SMILES string of the molecule is COCCNc1cc2c(C(=O)Nc3cc(-c4nnn(C5CN(C(=O)OC)C5)n4)ccc3C)cnn2cc1Cl. The van der Waals surface area contributed by atoms with E-state index in [4.69, 9.17) is 21.1 Å². The molecular formula is C24H26ClN9O4. The quantitative estimate of drug-likeness (QED) is 0.323. The van der Waals surface area contributed by atoms with Crippen LogP contribution in [0.1, 0.15) is 22.0 Å². The van der Waals surface area contributed by atoms with E-state index in [0.717, 1.165) is 5.56 Å². The monoisotopic (exact) mass is 539 g/mol. The molecule has 0 unspecified atom stereocenters. The second kappa shape index (κ2) is 10.6. The zero-order valence-corrected chi connectivity index (χ0v) is 21.8. The van der Waals surface area contributed by atoms with E-state index < -0.39 is 0 Å². The summed E-state index contributed by atoms with van der Waals surface area (Å²) in [6.45, 7) is 3.88. The number of halogens is 1. The number of benzene rings is 1. The summed E-state index contributed by atoms with van der Waals surface area (Å²) in [5.74, 6) is 0.0915. The van der Waals surface area contributed by atoms with Crippen molar-refractivity contribution in [3.8, 4) is 11.4 Å². The molecule has 1 fully saturated rings. The third kappa shape index (κ3) is 4.97. The number of aryl methyl sites for hydroxylation is 1. The number of methoxy groups -OCH3 is 2. The molecule has 1 aromatic carbocycles. The third-order valence-electron chi connectivity index (χ3n) is 6.27. The highest BCUT2D eigenvalue weighted by Crippen LogP contribution is 2.28. The van der Waals surface area contributed by atoms with Crippen molar-refractivity contribution < 1.29 is 19.1 Å². The molecule has 0 atom stereocenters. The van der Waals surface area contributed by atoms with E-state index in [1.165, 1.54) is 18.1 Å². The van der Waals surface area contributed by atoms with Gasteiger partial charge in [-0.15, -0.1) is 10.2 Å². The number of ether oxygens (including phenoxy) is 2. The Morgan fingerprint density at radius 2 is 2.00 bits per heavy atom. The topological polar surface area (TPSA) is 141 Å². The average Bonchev–Trinajstić information content (AvgIpc) is 3.52. The molecule has 4 aromatic rings. The lowest BCUT2D eigenvalue weighted by atomic mass is 10.1. The minimum atomic E-state index is -0.381. The number of carbonyl (C=O) groups excluding carboxylic acids is 2. The largest absolute Gasteiger partial charge is 0.453 e. The van der Waals surface area contributed by atoms with Crippen LogP contribution in [0.15, 0.2) is 36.7 Å². The molecule has 2 N–H and O–H groups in total. The van der Waals surface area contributed by atoms with E-state index in [9.17, 15) is 9.59 Å². The van der Waals surface area contributed by atoms with E-state index in [2.05, 4.69) is 31.1 Å². The van der Waals surface area contributed by atoms with Crippen molar-refractivity contribution in [2.24, 2.45) is 0 Å². The Hall–Kier alpha value is -4.23. The van der Waals surface area contributed by atoms with Gasteiger partial charge in [0.15, 0.2) is 0 Å². The van der Waals surface area contributed by atoms with Crippen molar-refractivity contribution in [2.45, 2.75) is 13.0 Å². The smallest absolute Gasteiger partial charge is 0.409 e. The van der Waals surface area contributed by atoms with Crippen LogP contribution in [0.25, 0.3) is 16.9 Å². The number of aromatic nitrogens is 6. The molecule has 1 saturated heterocycles. The average molecular weight is 540 g/mol. The highest BCUT2D eigenvalue weighted by molar-refractivity contribution is 6.33. The summed E-state index contributed by atoms with van der Waals surface area (Å²) < 4.78 is 11.4. The van der Waals surface area contributed by atoms with E-state index in [1.807, 2.05) is 19.1 Å². The summed E-state index contributed by atoms with van der Waals surface area (Å²) in [7, 11) is 2.97. The number of fused-ring (bicyclic) bond motifs is 1. The van der Waals surface area contributed by atoms with Gasteiger partial charge in [0.1, 0.15) is 6.04 Å². The van der Waals surface area contributed by atoms with Gasteiger partial charge in [0.25, 0.3) is 5.91 Å². The fourth-order valence-electron chi connectivity index (χ4n) is 4.06. The second-order valence-electron chi connectivity index (χ2n) is 8.79. The van der Waals surface area contributed by atoms with Crippen LogP contribution in [-0.4, -0.2) is 87.2 Å². The molecule has 1 aliphatic rings. The highest BCUT2D eigenvalue weighted by atomic mass is 35.5. The van der Waals surface area contributed by atoms with Gasteiger partial charge in [-0.05, 0) is 29.8 Å². The van der Waals surface area contributed by atoms with Crippen molar-refractivity contribution in [2.75, 3.05) is 51.1 Å². The standard InChI is InChI=1S/C24H26ClN9O4/c1-14-4-5-15(22-29-31-34(30-22)16-11-32(12-16)24(36)38-3)8-19(14)28-23(35)17-10-27-33-13-18(25)20(9-21(17)33)26-6-7-37-2/h4-5,8-10,13,16,26H,6-7,11-12H2,1-3H3,(H,28,35). The van der Waals surface area contributed by atoms with Gasteiger partial charge in [0, 0.05) is 31.1 Å². The van der Waals surface area contributed by atoms with Crippen LogP contribution >= 0.6 is 11.6 Å². The number of pyridine rings is 1. The van der Waals surface area contributed by atoms with Crippen LogP contribution in [0.4, 0.5) is 16.2 Å². The van der Waals surface area contributed by atoms with Crippen LogP contribution < -0.4 is 10.6 Å². The summed E-state index contributed by atoms with van der Waals surface area (Å²) >= 11 is 6.35. The molecule has 14 heteroatoms. The first-order valence-electron chi connectivity index (χ1n) is 11.8. The fourth-order valence-corrected chi connectivity index (χ4v) is 4.27. The summed E-state index contributed by atoms with van der Waals surface area (Å²) in [5.41, 5.74) is 3.84. The second-order valence-corrected chi connectivity index (χ2v) is 9.20.